The number of aromatic nitrogens is 12. The Bertz CT molecular complexity index is 5090. The summed E-state index contributed by atoms with van der Waals surface area (Å²) in [6.45, 7) is -14.9. The number of carbonyl (C=O) groups is 1. The molecule has 109 heavy (non-hydrogen) atoms. The van der Waals surface area contributed by atoms with Crippen molar-refractivity contribution in [3.63, 3.8) is 0 Å². The number of imidazole rings is 2. The number of hydrogen-bond acceptors (Lipinski definition) is 34. The summed E-state index contributed by atoms with van der Waals surface area (Å²) < 4.78 is 95.8. The minimum atomic E-state index is -4.64. The summed E-state index contributed by atoms with van der Waals surface area (Å²) in [4.78, 5) is 176. The largest absolute Gasteiger partial charge is 0.369 e. The first-order valence-electron chi connectivity index (χ1n) is 33.3. The van der Waals surface area contributed by atoms with Gasteiger partial charge in [-0.2, -0.15) is 9.97 Å². The minimum absolute atomic E-state index is 0.000568. The molecule has 6 aliphatic heterocycles. The number of aryl methyl sites for hydroxylation is 2. The minimum Gasteiger partial charge on any atom is -0.369 e. The standard InChI is InChI=1S/C55H78N17O27P5S5/c1-23(2)27-9-38(68-8-7-37(56)61-53(68)77)90-32(27)16-85-101(81,106)96-28-10-39(69-14-25(5)47(73)66-54(69)78)91-33(28)18-87-104(84,109)99-31-13-42(72-22-60-44-46(72)63-52(58)65-50(44)76)94-36(31)20-89-102(82,107)97-29-11-40(70-15-26(6)48(74)67-55(70)79)92-34(29)19-88-103(83,108)98-30-12-41(93-35(30)17-86-100(80,105)95-24(3)4)71-21-59-43-45(71)62-51(57)64-49(43)75/h7-8,14-15,21-24,27-42H,9-13,16-20,56H2,1-6H3,(H,61,77)(H,80,105)(H,81,106)(H,82,107)(H,83,108)(H,84,109)(H,66,73,78)(H,67,74,79)(H3,57,62,64,75)(H3,58,63,65,76)/t27-,28+,29+,30+,31+,32+,33+,34+,35+,36+,37?,38+,39+,40+,41+,42+,100?,101?,102?,103?,104?/m0/s1. The Morgan fingerprint density at radius 1 is 0.505 bits per heavy atom. The Morgan fingerprint density at radius 2 is 0.853 bits per heavy atom. The van der Waals surface area contributed by atoms with E-state index in [4.69, 9.17) is 145 Å². The van der Waals surface area contributed by atoms with Gasteiger partial charge in [-0.25, -0.2) is 24.4 Å². The normalized spacial score (nSPS) is 30.1. The van der Waals surface area contributed by atoms with Gasteiger partial charge in [-0.15, -0.1) is 0 Å². The van der Waals surface area contributed by atoms with Crippen LogP contribution in [0.15, 0.2) is 66.1 Å². The van der Waals surface area contributed by atoms with Crippen LogP contribution in [0.2, 0.25) is 0 Å². The molecule has 0 bridgehead atoms. The number of rotatable bonds is 31. The molecule has 2 amide bonds. The molecule has 21 atom stereocenters. The van der Waals surface area contributed by atoms with Crippen molar-refractivity contribution >= 4 is 133 Å². The number of nitrogens with two attached hydrogens (primary N) is 3. The molecule has 600 valence electrons. The van der Waals surface area contributed by atoms with Gasteiger partial charge in [0, 0.05) is 55.4 Å². The molecule has 0 radical (unpaired) electrons. The van der Waals surface area contributed by atoms with Crippen molar-refractivity contribution in [1.82, 2.24) is 68.4 Å². The molecule has 0 saturated carbocycles. The fourth-order valence-corrected chi connectivity index (χ4v) is 20.4. The highest BCUT2D eigenvalue weighted by Crippen LogP contribution is 2.56. The molecule has 6 aliphatic rings. The van der Waals surface area contributed by atoms with Crippen molar-refractivity contribution < 1.29 is 98.2 Å². The predicted octanol–water partition coefficient (Wildman–Crippen LogP) is 0.628. The highest BCUT2D eigenvalue weighted by Gasteiger charge is 2.49. The van der Waals surface area contributed by atoms with Crippen molar-refractivity contribution in [3.05, 3.63) is 111 Å². The summed E-state index contributed by atoms with van der Waals surface area (Å²) in [5.41, 5.74) is 13.1. The molecule has 0 aromatic carbocycles. The van der Waals surface area contributed by atoms with E-state index in [2.05, 4.69) is 45.2 Å². The van der Waals surface area contributed by atoms with Crippen molar-refractivity contribution in [2.75, 3.05) is 44.5 Å². The summed E-state index contributed by atoms with van der Waals surface area (Å²) in [6.07, 6.45) is -10.7. The van der Waals surface area contributed by atoms with E-state index in [1.165, 1.54) is 59.1 Å². The molecule has 12 rings (SSSR count). The Balaban J connectivity index is 0.755. The lowest BCUT2D eigenvalue weighted by Gasteiger charge is -2.30. The lowest BCUT2D eigenvalue weighted by Crippen LogP contribution is -2.52. The Labute approximate surface area is 640 Å². The van der Waals surface area contributed by atoms with E-state index in [9.17, 15) is 58.0 Å². The summed E-state index contributed by atoms with van der Waals surface area (Å²) in [5.74, 6) is -0.726. The number of carbonyl (C=O) groups excluding carboxylic acids is 1. The average molecular weight is 1720 g/mol. The van der Waals surface area contributed by atoms with Crippen LogP contribution in [-0.2, 0) is 128 Å². The predicted molar refractivity (Wildman–Crippen MR) is 398 cm³/mol. The van der Waals surface area contributed by atoms with Crippen LogP contribution in [0, 0.1) is 25.7 Å². The molecule has 5 fully saturated rings. The van der Waals surface area contributed by atoms with Gasteiger partial charge in [-0.1, -0.05) is 13.8 Å². The number of nitrogens with one attached hydrogen (secondary N) is 5. The molecular weight excluding hydrogens is 1650 g/mol. The SMILES string of the molecule is Cc1cn([C@H]2C[C@@H](OP(O)(=S)OC[C@H]3O[C@@H](n4cnc5c(=O)[nH]c(N)nc54)C[C@H]3OP(O)(=S)OC[C@H]3O[C@@H](n4cc(C)c(=O)[nH]c4=O)C[C@H]3OP(O)(=S)OC[C@H]3O[C@@H](N4C=CC(N)NC4=O)C[C@H]3C(C)C)[C@@H](COP(O)(=S)O[C@@H]3C[C@H](n4cnc5c(=O)[nH]c(N)nc54)O[C@@H]3COP(O)(=S)OC(C)C)O2)c(=O)[nH]c1=O. The fourth-order valence-electron chi connectivity index (χ4n) is 12.9. The number of aromatic amines is 4. The molecule has 0 spiro atoms. The first-order valence-corrected chi connectivity index (χ1v) is 46.3. The molecule has 12 heterocycles. The van der Waals surface area contributed by atoms with Crippen LogP contribution in [-0.4, -0.2) is 200 Å². The van der Waals surface area contributed by atoms with Crippen LogP contribution in [0.25, 0.3) is 22.3 Å². The maximum absolute atomic E-state index is 13.4. The van der Waals surface area contributed by atoms with Gasteiger partial charge in [0.2, 0.25) is 11.9 Å². The molecule has 5 saturated heterocycles. The molecular formula is C55H78N17O27P5S5. The third kappa shape index (κ3) is 20.1. The highest BCUT2D eigenvalue weighted by atomic mass is 32.5. The number of nitrogens with zero attached hydrogens (tertiary/aromatic N) is 9. The molecule has 0 aliphatic carbocycles. The number of anilines is 2. The van der Waals surface area contributed by atoms with Gasteiger partial charge in [-0.3, -0.25) is 62.3 Å². The van der Waals surface area contributed by atoms with Gasteiger partial charge in [0.25, 0.3) is 22.2 Å². The van der Waals surface area contributed by atoms with E-state index >= 15 is 0 Å². The van der Waals surface area contributed by atoms with E-state index in [0.717, 1.165) is 9.13 Å². The Kier molecular flexibility index (Phi) is 25.7. The van der Waals surface area contributed by atoms with Crippen LogP contribution in [0.4, 0.5) is 16.7 Å². The van der Waals surface area contributed by atoms with Gasteiger partial charge in [0.05, 0.1) is 88.5 Å². The first-order chi connectivity index (χ1) is 51.2. The zero-order valence-corrected chi connectivity index (χ0v) is 66.7. The molecule has 54 heteroatoms. The molecule has 6 aromatic rings. The summed E-state index contributed by atoms with van der Waals surface area (Å²) in [6, 6.07) is -0.481. The number of amides is 2. The van der Waals surface area contributed by atoms with Gasteiger partial charge in [-0.05, 0) is 111 Å². The third-order valence-corrected chi connectivity index (χ3v) is 26.1. The zero-order valence-electron chi connectivity index (χ0n) is 58.2. The second kappa shape index (κ2) is 33.5. The van der Waals surface area contributed by atoms with Crippen LogP contribution in [0.1, 0.15) is 95.8 Å². The maximum Gasteiger partial charge on any atom is 0.330 e. The first kappa shape index (κ1) is 83.5. The second-order valence-electron chi connectivity index (χ2n) is 26.5. The van der Waals surface area contributed by atoms with Gasteiger partial charge in [0.1, 0.15) is 55.6 Å². The Hall–Kier alpha value is -4.92. The van der Waals surface area contributed by atoms with E-state index in [0.29, 0.717) is 6.42 Å². The maximum atomic E-state index is 13.4. The van der Waals surface area contributed by atoms with Crippen LogP contribution in [0.5, 0.6) is 0 Å². The van der Waals surface area contributed by atoms with E-state index in [-0.39, 0.29) is 89.5 Å². The van der Waals surface area contributed by atoms with E-state index < -0.39 is 198 Å². The van der Waals surface area contributed by atoms with Crippen molar-refractivity contribution in [1.29, 1.82) is 0 Å². The fraction of sp³-hybridized carbons (Fsp3) is 0.618. The van der Waals surface area contributed by atoms with Crippen molar-refractivity contribution in [3.8, 4) is 0 Å². The molecule has 16 N–H and O–H groups in total. The van der Waals surface area contributed by atoms with E-state index in [1.54, 1.807) is 19.9 Å². The van der Waals surface area contributed by atoms with Crippen molar-refractivity contribution in [2.24, 2.45) is 17.6 Å². The number of urea groups is 1. The third-order valence-electron chi connectivity index (χ3n) is 18.0. The van der Waals surface area contributed by atoms with Gasteiger partial charge < -0.3 is 116 Å². The number of hydrogen-bond donors (Lipinski definition) is 13. The van der Waals surface area contributed by atoms with Crippen LogP contribution < -0.4 is 56.1 Å². The number of H-pyrrole nitrogens is 4. The van der Waals surface area contributed by atoms with E-state index in [1.807, 2.05) is 13.8 Å². The van der Waals surface area contributed by atoms with Crippen molar-refractivity contribution in [2.45, 2.75) is 172 Å². The average Bonchev–Trinajstić information content (AvgIpc) is 1.76. The Morgan fingerprint density at radius 3 is 1.21 bits per heavy atom. The summed E-state index contributed by atoms with van der Waals surface area (Å²) in [5, 5.41) is 2.62. The summed E-state index contributed by atoms with van der Waals surface area (Å²) >= 11 is 27.6. The zero-order chi connectivity index (χ0) is 78.7. The lowest BCUT2D eigenvalue weighted by molar-refractivity contribution is -0.0569. The number of nitrogen functional groups attached to an aromatic ring is 2. The lowest BCUT2D eigenvalue weighted by atomic mass is 9.89. The van der Waals surface area contributed by atoms with Gasteiger partial charge >= 0.3 is 51.0 Å². The summed E-state index contributed by atoms with van der Waals surface area (Å²) in [7, 11) is 0. The topological polar surface area (TPSA) is 587 Å². The highest BCUT2D eigenvalue weighted by molar-refractivity contribution is 8.08. The van der Waals surface area contributed by atoms with Crippen LogP contribution >= 0.6 is 33.6 Å². The molecule has 44 nitrogen and oxygen atoms in total. The number of ether oxygens (including phenoxy) is 5. The quantitative estimate of drug-likeness (QED) is 0.0265. The molecule has 6 aromatic heterocycles. The van der Waals surface area contributed by atoms with Crippen LogP contribution in [0.3, 0.4) is 0 Å². The smallest absolute Gasteiger partial charge is 0.330 e. The van der Waals surface area contributed by atoms with Gasteiger partial charge in [0.15, 0.2) is 22.3 Å². The number of fused-ring (bicyclic) bond motifs is 2. The molecule has 6 unspecified atom stereocenters. The monoisotopic (exact) mass is 1720 g/mol. The second-order valence-corrected chi connectivity index (χ2v) is 40.5.